The first-order valence-electron chi connectivity index (χ1n) is 12.8. The maximum absolute atomic E-state index is 12.9. The molecule has 212 valence electrons. The Labute approximate surface area is 235 Å². The molecule has 0 bridgehead atoms. The van der Waals surface area contributed by atoms with Gasteiger partial charge in [0.15, 0.2) is 0 Å². The van der Waals surface area contributed by atoms with E-state index in [1.807, 2.05) is 48.5 Å². The highest BCUT2D eigenvalue weighted by Crippen LogP contribution is 2.44. The number of carbonyl (C=O) groups is 3. The third-order valence-corrected chi connectivity index (χ3v) is 6.25. The molecular weight excluding hydrogens is 510 g/mol. The highest BCUT2D eigenvalue weighted by Gasteiger charge is 2.31. The number of hydrogen-bond donors (Lipinski definition) is 1. The van der Waals surface area contributed by atoms with Gasteiger partial charge < -0.3 is 24.3 Å². The smallest absolute Gasteiger partial charge is 0.407 e. The number of nitrogens with one attached hydrogen (secondary N) is 1. The zero-order valence-electron chi connectivity index (χ0n) is 22.6. The van der Waals surface area contributed by atoms with Crippen LogP contribution in [-0.4, -0.2) is 43.4 Å². The molecule has 1 atom stereocenters. The Morgan fingerprint density at radius 1 is 0.850 bits per heavy atom. The molecule has 0 unspecified atom stereocenters. The SMILES string of the molecule is C.COc1ccc(COC(=O)[C@@H](CC(=O)OC(C)(C)C)NC(=O)OCC2c3ccccc3-c3ccccc32)cc1. The van der Waals surface area contributed by atoms with Crippen LogP contribution in [0, 0.1) is 0 Å². The van der Waals surface area contributed by atoms with Crippen molar-refractivity contribution in [3.05, 3.63) is 89.5 Å². The largest absolute Gasteiger partial charge is 0.497 e. The zero-order valence-corrected chi connectivity index (χ0v) is 22.6. The van der Waals surface area contributed by atoms with Crippen molar-refractivity contribution >= 4 is 18.0 Å². The van der Waals surface area contributed by atoms with Gasteiger partial charge in [-0.2, -0.15) is 0 Å². The van der Waals surface area contributed by atoms with Gasteiger partial charge in [0, 0.05) is 5.92 Å². The van der Waals surface area contributed by atoms with E-state index in [-0.39, 0.29) is 26.6 Å². The molecule has 0 saturated carbocycles. The summed E-state index contributed by atoms with van der Waals surface area (Å²) >= 11 is 0. The molecular formula is C32H37NO7. The van der Waals surface area contributed by atoms with Crippen molar-refractivity contribution in [2.75, 3.05) is 13.7 Å². The lowest BCUT2D eigenvalue weighted by Gasteiger charge is -2.22. The van der Waals surface area contributed by atoms with Crippen molar-refractivity contribution in [1.82, 2.24) is 5.32 Å². The number of benzene rings is 3. The van der Waals surface area contributed by atoms with Crippen LogP contribution in [0.5, 0.6) is 5.75 Å². The van der Waals surface area contributed by atoms with Crippen molar-refractivity contribution in [2.24, 2.45) is 0 Å². The average Bonchev–Trinajstić information content (AvgIpc) is 3.23. The maximum Gasteiger partial charge on any atom is 0.407 e. The molecule has 0 radical (unpaired) electrons. The third-order valence-electron chi connectivity index (χ3n) is 6.25. The lowest BCUT2D eigenvalue weighted by molar-refractivity contribution is -0.160. The Morgan fingerprint density at radius 3 is 1.98 bits per heavy atom. The first kappa shape index (κ1) is 30.2. The number of esters is 2. The van der Waals surface area contributed by atoms with Crippen LogP contribution in [-0.2, 0) is 30.4 Å². The molecule has 1 N–H and O–H groups in total. The first-order chi connectivity index (χ1) is 18.6. The number of rotatable bonds is 9. The van der Waals surface area contributed by atoms with Gasteiger partial charge in [-0.05, 0) is 60.7 Å². The van der Waals surface area contributed by atoms with E-state index in [4.69, 9.17) is 18.9 Å². The lowest BCUT2D eigenvalue weighted by Crippen LogP contribution is -2.44. The van der Waals surface area contributed by atoms with Crippen LogP contribution in [0.25, 0.3) is 11.1 Å². The van der Waals surface area contributed by atoms with E-state index in [0.717, 1.165) is 27.8 Å². The first-order valence-corrected chi connectivity index (χ1v) is 12.8. The standard InChI is InChI=1S/C31H33NO7.CH4/c1-31(2,3)39-28(33)17-27(29(34)37-18-20-13-15-21(36-4)16-14-20)32-30(35)38-19-26-24-11-7-5-9-22(24)23-10-6-8-12-25(23)26;/h5-16,26-27H,17-19H2,1-4H3,(H,32,35);1H4/t27-;/m1./s1. The quantitative estimate of drug-likeness (QED) is 0.259. The molecule has 4 rings (SSSR count). The second-order valence-corrected chi connectivity index (χ2v) is 10.3. The number of ether oxygens (including phenoxy) is 4. The van der Waals surface area contributed by atoms with Crippen LogP contribution in [0.4, 0.5) is 4.79 Å². The fourth-order valence-electron chi connectivity index (χ4n) is 4.50. The summed E-state index contributed by atoms with van der Waals surface area (Å²) in [5.74, 6) is -0.891. The zero-order chi connectivity index (χ0) is 28.0. The van der Waals surface area contributed by atoms with E-state index in [1.54, 1.807) is 52.1 Å². The molecule has 1 aliphatic rings. The minimum absolute atomic E-state index is 0. The van der Waals surface area contributed by atoms with Crippen molar-refractivity contribution in [2.45, 2.75) is 58.8 Å². The number of fused-ring (bicyclic) bond motifs is 3. The molecule has 0 heterocycles. The summed E-state index contributed by atoms with van der Waals surface area (Å²) in [6.07, 6.45) is -1.23. The van der Waals surface area contributed by atoms with E-state index in [2.05, 4.69) is 5.32 Å². The third kappa shape index (κ3) is 7.62. The minimum Gasteiger partial charge on any atom is -0.497 e. The maximum atomic E-state index is 12.9. The minimum atomic E-state index is -1.28. The lowest BCUT2D eigenvalue weighted by atomic mass is 9.98. The molecule has 0 aromatic heterocycles. The number of alkyl carbamates (subject to hydrolysis) is 1. The van der Waals surface area contributed by atoms with Gasteiger partial charge in [-0.1, -0.05) is 68.1 Å². The molecule has 0 fully saturated rings. The second-order valence-electron chi connectivity index (χ2n) is 10.3. The van der Waals surface area contributed by atoms with E-state index in [0.29, 0.717) is 5.75 Å². The fourth-order valence-corrected chi connectivity index (χ4v) is 4.50. The molecule has 3 aromatic rings. The molecule has 1 amide bonds. The molecule has 8 nitrogen and oxygen atoms in total. The summed E-state index contributed by atoms with van der Waals surface area (Å²) in [4.78, 5) is 38.3. The van der Waals surface area contributed by atoms with E-state index < -0.39 is 36.1 Å². The second kappa shape index (κ2) is 13.2. The van der Waals surface area contributed by atoms with Crippen LogP contribution < -0.4 is 10.1 Å². The molecule has 8 heteroatoms. The molecule has 3 aromatic carbocycles. The summed E-state index contributed by atoms with van der Waals surface area (Å²) < 4.78 is 21.5. The van der Waals surface area contributed by atoms with E-state index >= 15 is 0 Å². The van der Waals surface area contributed by atoms with E-state index in [9.17, 15) is 14.4 Å². The van der Waals surface area contributed by atoms with E-state index in [1.165, 1.54) is 0 Å². The summed E-state index contributed by atoms with van der Waals surface area (Å²) in [6.45, 7) is 5.20. The van der Waals surface area contributed by atoms with Crippen LogP contribution in [0.3, 0.4) is 0 Å². The van der Waals surface area contributed by atoms with Crippen LogP contribution in [0.15, 0.2) is 72.8 Å². The van der Waals surface area contributed by atoms with Gasteiger partial charge in [-0.15, -0.1) is 0 Å². The number of amides is 1. The summed E-state index contributed by atoms with van der Waals surface area (Å²) in [5.41, 5.74) is 4.31. The van der Waals surface area contributed by atoms with Crippen molar-refractivity contribution < 1.29 is 33.3 Å². The molecule has 0 saturated heterocycles. The Bertz CT molecular complexity index is 1280. The average molecular weight is 548 g/mol. The van der Waals surface area contributed by atoms with Crippen molar-refractivity contribution in [1.29, 1.82) is 0 Å². The van der Waals surface area contributed by atoms with Crippen LogP contribution in [0.2, 0.25) is 0 Å². The van der Waals surface area contributed by atoms with Gasteiger partial charge in [-0.3, -0.25) is 4.79 Å². The summed E-state index contributed by atoms with van der Waals surface area (Å²) in [6, 6.07) is 21.7. The Hall–Kier alpha value is -4.33. The summed E-state index contributed by atoms with van der Waals surface area (Å²) in [7, 11) is 1.56. The predicted octanol–water partition coefficient (Wildman–Crippen LogP) is 6.01. The fraction of sp³-hybridized carbons (Fsp3) is 0.344. The van der Waals surface area contributed by atoms with Gasteiger partial charge in [0.1, 0.15) is 30.6 Å². The normalized spacial score (nSPS) is 12.7. The van der Waals surface area contributed by atoms with Crippen molar-refractivity contribution in [3.63, 3.8) is 0 Å². The number of carbonyl (C=O) groups excluding carboxylic acids is 3. The van der Waals surface area contributed by atoms with Gasteiger partial charge in [0.05, 0.1) is 13.5 Å². The highest BCUT2D eigenvalue weighted by atomic mass is 16.6. The Balaban J connectivity index is 0.00000441. The Morgan fingerprint density at radius 2 is 1.43 bits per heavy atom. The van der Waals surface area contributed by atoms with Gasteiger partial charge >= 0.3 is 18.0 Å². The highest BCUT2D eigenvalue weighted by molar-refractivity contribution is 5.86. The van der Waals surface area contributed by atoms with Crippen LogP contribution >= 0.6 is 0 Å². The van der Waals surface area contributed by atoms with Gasteiger partial charge in [0.2, 0.25) is 0 Å². The Kier molecular flexibility index (Phi) is 9.93. The number of methoxy groups -OCH3 is 1. The number of hydrogen-bond acceptors (Lipinski definition) is 7. The van der Waals surface area contributed by atoms with Gasteiger partial charge in [-0.25, -0.2) is 9.59 Å². The molecule has 40 heavy (non-hydrogen) atoms. The summed E-state index contributed by atoms with van der Waals surface area (Å²) in [5, 5.41) is 2.50. The predicted molar refractivity (Wildman–Crippen MR) is 152 cm³/mol. The molecule has 0 spiro atoms. The van der Waals surface area contributed by atoms with Crippen LogP contribution in [0.1, 0.15) is 57.2 Å². The van der Waals surface area contributed by atoms with Crippen molar-refractivity contribution in [3.8, 4) is 16.9 Å². The monoisotopic (exact) mass is 547 g/mol. The molecule has 1 aliphatic carbocycles. The topological polar surface area (TPSA) is 100 Å². The van der Waals surface area contributed by atoms with Gasteiger partial charge in [0.25, 0.3) is 0 Å². The molecule has 0 aliphatic heterocycles.